The molecule has 0 amide bonds. The SMILES string of the molecule is CCC(Br)C(=O)c1ccc(CCCCl)cc1. The van der Waals surface area contributed by atoms with E-state index in [-0.39, 0.29) is 10.6 Å². The molecule has 1 aromatic rings. The van der Waals surface area contributed by atoms with E-state index in [0.717, 1.165) is 24.8 Å². The van der Waals surface area contributed by atoms with Gasteiger partial charge in [0, 0.05) is 11.4 Å². The van der Waals surface area contributed by atoms with E-state index in [0.29, 0.717) is 5.88 Å². The van der Waals surface area contributed by atoms with Crippen LogP contribution in [0.15, 0.2) is 24.3 Å². The van der Waals surface area contributed by atoms with E-state index in [4.69, 9.17) is 11.6 Å². The van der Waals surface area contributed by atoms with Crippen molar-refractivity contribution in [2.75, 3.05) is 5.88 Å². The van der Waals surface area contributed by atoms with Gasteiger partial charge in [-0.2, -0.15) is 0 Å². The molecule has 1 atom stereocenters. The first-order valence-corrected chi connectivity index (χ1v) is 6.97. The molecule has 88 valence electrons. The van der Waals surface area contributed by atoms with Gasteiger partial charge in [-0.05, 0) is 24.8 Å². The molecule has 0 saturated carbocycles. The maximum Gasteiger partial charge on any atom is 0.176 e. The molecule has 0 bridgehead atoms. The second-order valence-electron chi connectivity index (χ2n) is 3.73. The highest BCUT2D eigenvalue weighted by Crippen LogP contribution is 2.14. The zero-order chi connectivity index (χ0) is 12.0. The average Bonchev–Trinajstić information content (AvgIpc) is 2.35. The third-order valence-electron chi connectivity index (χ3n) is 2.48. The molecule has 0 aliphatic rings. The Kier molecular flexibility index (Phi) is 6.07. The summed E-state index contributed by atoms with van der Waals surface area (Å²) in [5.74, 6) is 0.839. The molecule has 0 N–H and O–H groups in total. The highest BCUT2D eigenvalue weighted by molar-refractivity contribution is 9.10. The van der Waals surface area contributed by atoms with Crippen molar-refractivity contribution in [2.24, 2.45) is 0 Å². The van der Waals surface area contributed by atoms with Crippen molar-refractivity contribution in [1.82, 2.24) is 0 Å². The third kappa shape index (κ3) is 3.91. The van der Waals surface area contributed by atoms with Crippen molar-refractivity contribution in [3.05, 3.63) is 35.4 Å². The van der Waals surface area contributed by atoms with Crippen LogP contribution in [0.3, 0.4) is 0 Å². The van der Waals surface area contributed by atoms with Gasteiger partial charge in [0.15, 0.2) is 5.78 Å². The van der Waals surface area contributed by atoms with Crippen molar-refractivity contribution >= 4 is 33.3 Å². The normalized spacial score (nSPS) is 12.4. The van der Waals surface area contributed by atoms with Crippen molar-refractivity contribution in [3.63, 3.8) is 0 Å². The molecule has 0 radical (unpaired) electrons. The van der Waals surface area contributed by atoms with Gasteiger partial charge < -0.3 is 0 Å². The van der Waals surface area contributed by atoms with Crippen molar-refractivity contribution in [1.29, 1.82) is 0 Å². The van der Waals surface area contributed by atoms with Gasteiger partial charge in [0.2, 0.25) is 0 Å². The highest BCUT2D eigenvalue weighted by atomic mass is 79.9. The number of benzene rings is 1. The second kappa shape index (κ2) is 7.08. The zero-order valence-electron chi connectivity index (χ0n) is 9.38. The Morgan fingerprint density at radius 2 is 2.00 bits per heavy atom. The van der Waals surface area contributed by atoms with Crippen LogP contribution in [0.1, 0.15) is 35.7 Å². The fourth-order valence-corrected chi connectivity index (χ4v) is 1.87. The lowest BCUT2D eigenvalue weighted by Crippen LogP contribution is -2.12. The second-order valence-corrected chi connectivity index (χ2v) is 5.21. The monoisotopic (exact) mass is 302 g/mol. The minimum atomic E-state index is -0.0683. The summed E-state index contributed by atoms with van der Waals surface area (Å²) in [4.78, 5) is 11.8. The van der Waals surface area contributed by atoms with Crippen LogP contribution >= 0.6 is 27.5 Å². The summed E-state index contributed by atoms with van der Waals surface area (Å²) < 4.78 is 0. The number of aryl methyl sites for hydroxylation is 1. The van der Waals surface area contributed by atoms with E-state index in [9.17, 15) is 4.79 Å². The first-order valence-electron chi connectivity index (χ1n) is 5.52. The molecule has 1 rings (SSSR count). The molecule has 1 unspecified atom stereocenters. The van der Waals surface area contributed by atoms with Crippen molar-refractivity contribution in [3.8, 4) is 0 Å². The van der Waals surface area contributed by atoms with Gasteiger partial charge in [-0.15, -0.1) is 11.6 Å². The Morgan fingerprint density at radius 3 is 2.50 bits per heavy atom. The van der Waals surface area contributed by atoms with Gasteiger partial charge in [0.05, 0.1) is 4.83 Å². The quantitative estimate of drug-likeness (QED) is 0.568. The highest BCUT2D eigenvalue weighted by Gasteiger charge is 2.14. The van der Waals surface area contributed by atoms with Crippen LogP contribution in [0.4, 0.5) is 0 Å². The zero-order valence-corrected chi connectivity index (χ0v) is 11.7. The first-order chi connectivity index (χ1) is 7.69. The van der Waals surface area contributed by atoms with Gasteiger partial charge in [0.1, 0.15) is 0 Å². The molecular formula is C13H16BrClO. The summed E-state index contributed by atoms with van der Waals surface area (Å²) in [6, 6.07) is 7.82. The van der Waals surface area contributed by atoms with Gasteiger partial charge in [-0.1, -0.05) is 47.1 Å². The smallest absolute Gasteiger partial charge is 0.176 e. The topological polar surface area (TPSA) is 17.1 Å². The molecule has 0 saturated heterocycles. The minimum Gasteiger partial charge on any atom is -0.293 e. The summed E-state index contributed by atoms with van der Waals surface area (Å²) in [7, 11) is 0. The predicted octanol–water partition coefficient (Wildman–Crippen LogP) is 4.21. The van der Waals surface area contributed by atoms with E-state index in [1.54, 1.807) is 0 Å². The number of ketones is 1. The number of halogens is 2. The maximum atomic E-state index is 11.8. The molecule has 0 heterocycles. The van der Waals surface area contributed by atoms with Crippen LogP contribution in [-0.2, 0) is 6.42 Å². The number of carbonyl (C=O) groups is 1. The van der Waals surface area contributed by atoms with Gasteiger partial charge in [-0.3, -0.25) is 4.79 Å². The molecule has 3 heteroatoms. The number of hydrogen-bond acceptors (Lipinski definition) is 1. The van der Waals surface area contributed by atoms with Gasteiger partial charge in [0.25, 0.3) is 0 Å². The molecule has 0 aliphatic carbocycles. The number of rotatable bonds is 6. The average molecular weight is 304 g/mol. The molecule has 0 fully saturated rings. The summed E-state index contributed by atoms with van der Waals surface area (Å²) >= 11 is 9.01. The summed E-state index contributed by atoms with van der Waals surface area (Å²) in [6.45, 7) is 1.99. The van der Waals surface area contributed by atoms with E-state index < -0.39 is 0 Å². The Balaban J connectivity index is 2.67. The minimum absolute atomic E-state index is 0.0683. The number of hydrogen-bond donors (Lipinski definition) is 0. The van der Waals surface area contributed by atoms with Crippen molar-refractivity contribution in [2.45, 2.75) is 31.0 Å². The van der Waals surface area contributed by atoms with Crippen LogP contribution < -0.4 is 0 Å². The molecule has 1 aromatic carbocycles. The van der Waals surface area contributed by atoms with Gasteiger partial charge in [-0.25, -0.2) is 0 Å². The summed E-state index contributed by atoms with van der Waals surface area (Å²) in [5, 5.41) is 0. The lowest BCUT2D eigenvalue weighted by atomic mass is 10.0. The van der Waals surface area contributed by atoms with Crippen LogP contribution in [0, 0.1) is 0 Å². The standard InChI is InChI=1S/C13H16BrClO/c1-2-12(14)13(16)11-7-5-10(6-8-11)4-3-9-15/h5-8,12H,2-4,9H2,1H3. The first kappa shape index (κ1) is 13.7. The molecule has 0 aromatic heterocycles. The number of Topliss-reactive ketones (excluding diaryl/α,β-unsaturated/α-hetero) is 1. The predicted molar refractivity (Wildman–Crippen MR) is 72.8 cm³/mol. The van der Waals surface area contributed by atoms with Crippen LogP contribution in [0.5, 0.6) is 0 Å². The fourth-order valence-electron chi connectivity index (χ4n) is 1.47. The molecule has 1 nitrogen and oxygen atoms in total. The number of alkyl halides is 2. The Bertz CT molecular complexity index is 334. The van der Waals surface area contributed by atoms with Crippen LogP contribution in [0.2, 0.25) is 0 Å². The Labute approximate surface area is 110 Å². The van der Waals surface area contributed by atoms with Crippen molar-refractivity contribution < 1.29 is 4.79 Å². The summed E-state index contributed by atoms with van der Waals surface area (Å²) in [6.07, 6.45) is 2.77. The molecule has 16 heavy (non-hydrogen) atoms. The maximum absolute atomic E-state index is 11.8. The van der Waals surface area contributed by atoms with Gasteiger partial charge >= 0.3 is 0 Å². The Morgan fingerprint density at radius 1 is 1.38 bits per heavy atom. The van der Waals surface area contributed by atoms with Crippen LogP contribution in [0.25, 0.3) is 0 Å². The fraction of sp³-hybridized carbons (Fsp3) is 0.462. The molecule has 0 aliphatic heterocycles. The number of carbonyl (C=O) groups excluding carboxylic acids is 1. The molecular weight excluding hydrogens is 287 g/mol. The van der Waals surface area contributed by atoms with Crippen LogP contribution in [-0.4, -0.2) is 16.5 Å². The van der Waals surface area contributed by atoms with E-state index in [1.807, 2.05) is 31.2 Å². The summed E-state index contributed by atoms with van der Waals surface area (Å²) in [5.41, 5.74) is 2.01. The van der Waals surface area contributed by atoms with E-state index >= 15 is 0 Å². The Hall–Kier alpha value is -0.340. The lowest BCUT2D eigenvalue weighted by Gasteiger charge is -2.06. The molecule has 0 spiro atoms. The largest absolute Gasteiger partial charge is 0.293 e. The lowest BCUT2D eigenvalue weighted by molar-refractivity contribution is 0.0990. The van der Waals surface area contributed by atoms with E-state index in [1.165, 1.54) is 5.56 Å². The van der Waals surface area contributed by atoms with E-state index in [2.05, 4.69) is 15.9 Å². The third-order valence-corrected chi connectivity index (χ3v) is 3.81.